The second-order valence-corrected chi connectivity index (χ2v) is 3.54. The molecule has 0 saturated carbocycles. The topological polar surface area (TPSA) is 52.8 Å². The summed E-state index contributed by atoms with van der Waals surface area (Å²) >= 11 is 0. The molecule has 0 saturated heterocycles. The molecule has 3 rings (SSSR count). The maximum absolute atomic E-state index is 5.16. The van der Waals surface area contributed by atoms with Crippen molar-refractivity contribution in [3.05, 3.63) is 42.6 Å². The summed E-state index contributed by atoms with van der Waals surface area (Å²) in [7, 11) is 1.62. The number of nitrogens with zero attached hydrogens (tertiary/aromatic N) is 4. The van der Waals surface area contributed by atoms with Crippen LogP contribution in [0, 0.1) is 0 Å². The largest absolute Gasteiger partial charge is 0.497 e. The van der Waals surface area contributed by atoms with Crippen LogP contribution in [0.2, 0.25) is 0 Å². The average molecular weight is 226 g/mol. The lowest BCUT2D eigenvalue weighted by molar-refractivity contribution is 0.414. The Labute approximate surface area is 97.7 Å². The number of para-hydroxylation sites is 1. The summed E-state index contributed by atoms with van der Waals surface area (Å²) < 4.78 is 6.86. The molecule has 0 unspecified atom stereocenters. The quantitative estimate of drug-likeness (QED) is 0.668. The molecule has 0 aliphatic carbocycles. The molecule has 5 nitrogen and oxygen atoms in total. The molecule has 0 fully saturated rings. The molecule has 1 aromatic carbocycles. The van der Waals surface area contributed by atoms with E-state index in [1.54, 1.807) is 24.1 Å². The molecular weight excluding hydrogens is 216 g/mol. The van der Waals surface area contributed by atoms with Crippen molar-refractivity contribution < 1.29 is 4.74 Å². The number of pyridine rings is 1. The molecule has 17 heavy (non-hydrogen) atoms. The fourth-order valence-corrected chi connectivity index (χ4v) is 1.68. The van der Waals surface area contributed by atoms with Gasteiger partial charge in [-0.1, -0.05) is 17.3 Å². The number of hydrogen-bond acceptors (Lipinski definition) is 4. The van der Waals surface area contributed by atoms with E-state index < -0.39 is 0 Å². The van der Waals surface area contributed by atoms with E-state index in [0.717, 1.165) is 16.8 Å². The standard InChI is InChI=1S/C12H10N4O/c1-17-9-6-7-13-12(8-9)16-11-5-3-2-4-10(11)14-15-16/h2-8H,1H3. The van der Waals surface area contributed by atoms with Gasteiger partial charge in [0, 0.05) is 12.3 Å². The summed E-state index contributed by atoms with van der Waals surface area (Å²) in [4.78, 5) is 4.26. The number of benzene rings is 1. The maximum Gasteiger partial charge on any atom is 0.159 e. The molecule has 3 aromatic rings. The number of ether oxygens (including phenoxy) is 1. The zero-order valence-electron chi connectivity index (χ0n) is 9.24. The first-order valence-electron chi connectivity index (χ1n) is 5.19. The lowest BCUT2D eigenvalue weighted by Gasteiger charge is -2.03. The van der Waals surface area contributed by atoms with Crippen molar-refractivity contribution in [3.63, 3.8) is 0 Å². The van der Waals surface area contributed by atoms with Gasteiger partial charge >= 0.3 is 0 Å². The number of methoxy groups -OCH3 is 1. The molecule has 0 spiro atoms. The lowest BCUT2D eigenvalue weighted by atomic mass is 10.3. The summed E-state index contributed by atoms with van der Waals surface area (Å²) in [5.74, 6) is 1.44. The zero-order chi connectivity index (χ0) is 11.7. The van der Waals surface area contributed by atoms with Crippen molar-refractivity contribution in [2.75, 3.05) is 7.11 Å². The average Bonchev–Trinajstić information content (AvgIpc) is 2.82. The van der Waals surface area contributed by atoms with Crippen molar-refractivity contribution in [2.24, 2.45) is 0 Å². The number of rotatable bonds is 2. The minimum absolute atomic E-state index is 0.693. The normalized spacial score (nSPS) is 10.6. The molecule has 0 aliphatic heterocycles. The highest BCUT2D eigenvalue weighted by molar-refractivity contribution is 5.75. The SMILES string of the molecule is COc1ccnc(-n2nnc3ccccc32)c1. The van der Waals surface area contributed by atoms with E-state index in [2.05, 4.69) is 15.3 Å². The second kappa shape index (κ2) is 3.86. The molecule has 2 aromatic heterocycles. The molecule has 2 heterocycles. The predicted molar refractivity (Wildman–Crippen MR) is 63.2 cm³/mol. The van der Waals surface area contributed by atoms with E-state index in [-0.39, 0.29) is 0 Å². The molecule has 84 valence electrons. The van der Waals surface area contributed by atoms with E-state index >= 15 is 0 Å². The van der Waals surface area contributed by atoms with Crippen molar-refractivity contribution in [2.45, 2.75) is 0 Å². The maximum atomic E-state index is 5.16. The highest BCUT2D eigenvalue weighted by Gasteiger charge is 2.07. The highest BCUT2D eigenvalue weighted by Crippen LogP contribution is 2.17. The molecule has 5 heteroatoms. The molecule has 0 aliphatic rings. The summed E-state index contributed by atoms with van der Waals surface area (Å²) in [6, 6.07) is 11.4. The van der Waals surface area contributed by atoms with Gasteiger partial charge in [0.2, 0.25) is 0 Å². The first-order chi connectivity index (χ1) is 8.38. The van der Waals surface area contributed by atoms with Crippen LogP contribution in [0.3, 0.4) is 0 Å². The van der Waals surface area contributed by atoms with Crippen molar-refractivity contribution in [1.82, 2.24) is 20.0 Å². The molecule has 0 amide bonds. The Morgan fingerprint density at radius 2 is 2.06 bits per heavy atom. The van der Waals surface area contributed by atoms with E-state index in [1.165, 1.54) is 0 Å². The van der Waals surface area contributed by atoms with Gasteiger partial charge in [0.1, 0.15) is 11.3 Å². The Hall–Kier alpha value is -2.43. The molecule has 0 N–H and O–H groups in total. The first-order valence-corrected chi connectivity index (χ1v) is 5.19. The zero-order valence-corrected chi connectivity index (χ0v) is 9.24. The fraction of sp³-hybridized carbons (Fsp3) is 0.0833. The minimum Gasteiger partial charge on any atom is -0.497 e. The Bertz CT molecular complexity index is 662. The smallest absolute Gasteiger partial charge is 0.159 e. The van der Waals surface area contributed by atoms with Crippen LogP contribution in [-0.4, -0.2) is 27.1 Å². The monoisotopic (exact) mass is 226 g/mol. The highest BCUT2D eigenvalue weighted by atomic mass is 16.5. The Balaban J connectivity index is 2.20. The van der Waals surface area contributed by atoms with Gasteiger partial charge < -0.3 is 4.74 Å². The second-order valence-electron chi connectivity index (χ2n) is 3.54. The van der Waals surface area contributed by atoms with Crippen LogP contribution >= 0.6 is 0 Å². The molecule has 0 atom stereocenters. The van der Waals surface area contributed by atoms with Gasteiger partial charge in [0.25, 0.3) is 0 Å². The summed E-state index contributed by atoms with van der Waals surface area (Å²) in [6.45, 7) is 0. The van der Waals surface area contributed by atoms with Crippen molar-refractivity contribution in [3.8, 4) is 11.6 Å². The first kappa shape index (κ1) is 9.77. The van der Waals surface area contributed by atoms with Crippen LogP contribution in [0.15, 0.2) is 42.6 Å². The Morgan fingerprint density at radius 1 is 1.18 bits per heavy atom. The van der Waals surface area contributed by atoms with E-state index in [0.29, 0.717) is 5.82 Å². The summed E-state index contributed by atoms with van der Waals surface area (Å²) in [6.07, 6.45) is 1.69. The fourth-order valence-electron chi connectivity index (χ4n) is 1.68. The molecular formula is C12H10N4O. The summed E-state index contributed by atoms with van der Waals surface area (Å²) in [5, 5.41) is 8.17. The Kier molecular flexibility index (Phi) is 2.22. The van der Waals surface area contributed by atoms with Crippen LogP contribution in [0.1, 0.15) is 0 Å². The van der Waals surface area contributed by atoms with Gasteiger partial charge in [-0.05, 0) is 18.2 Å². The predicted octanol–water partition coefficient (Wildman–Crippen LogP) is 1.82. The van der Waals surface area contributed by atoms with Gasteiger partial charge in [-0.2, -0.15) is 4.68 Å². The number of fused-ring (bicyclic) bond motifs is 1. The van der Waals surface area contributed by atoms with Gasteiger partial charge in [-0.25, -0.2) is 4.98 Å². The van der Waals surface area contributed by atoms with Crippen LogP contribution < -0.4 is 4.74 Å². The van der Waals surface area contributed by atoms with E-state index in [4.69, 9.17) is 4.74 Å². The van der Waals surface area contributed by atoms with Gasteiger partial charge in [-0.3, -0.25) is 0 Å². The number of hydrogen-bond donors (Lipinski definition) is 0. The van der Waals surface area contributed by atoms with Gasteiger partial charge in [0.15, 0.2) is 5.82 Å². The van der Waals surface area contributed by atoms with E-state index in [1.807, 2.05) is 30.3 Å². The summed E-state index contributed by atoms with van der Waals surface area (Å²) in [5.41, 5.74) is 1.77. The van der Waals surface area contributed by atoms with Crippen LogP contribution in [0.5, 0.6) is 5.75 Å². The van der Waals surface area contributed by atoms with E-state index in [9.17, 15) is 0 Å². The number of aromatic nitrogens is 4. The van der Waals surface area contributed by atoms with Gasteiger partial charge in [-0.15, -0.1) is 5.10 Å². The third kappa shape index (κ3) is 1.61. The molecule has 0 bridgehead atoms. The van der Waals surface area contributed by atoms with Gasteiger partial charge in [0.05, 0.1) is 12.6 Å². The third-order valence-electron chi connectivity index (χ3n) is 2.52. The van der Waals surface area contributed by atoms with Crippen LogP contribution in [-0.2, 0) is 0 Å². The van der Waals surface area contributed by atoms with Crippen LogP contribution in [0.4, 0.5) is 0 Å². The van der Waals surface area contributed by atoms with Crippen LogP contribution in [0.25, 0.3) is 16.9 Å². The Morgan fingerprint density at radius 3 is 2.94 bits per heavy atom. The minimum atomic E-state index is 0.693. The van der Waals surface area contributed by atoms with Crippen molar-refractivity contribution in [1.29, 1.82) is 0 Å². The third-order valence-corrected chi connectivity index (χ3v) is 2.52. The van der Waals surface area contributed by atoms with Crippen molar-refractivity contribution >= 4 is 11.0 Å². The molecule has 0 radical (unpaired) electrons. The lowest BCUT2D eigenvalue weighted by Crippen LogP contribution is -1.99.